The number of nitrogens with one attached hydrogen (secondary N) is 2. The summed E-state index contributed by atoms with van der Waals surface area (Å²) in [4.78, 5) is 25.3. The Morgan fingerprint density at radius 1 is 0.815 bits per heavy atom. The molecule has 0 aliphatic rings. The molecule has 144 valence electrons. The van der Waals surface area contributed by atoms with Crippen LogP contribution in [-0.2, 0) is 15.0 Å². The van der Waals surface area contributed by atoms with E-state index in [4.69, 9.17) is 4.74 Å². The monoisotopic (exact) mass is 368 g/mol. The standard InChI is InChI=1S/C22H28N2O3/c1-21(2,3)15-10-12-16(13-11-15)23-19(25)22(4,5)20(26)24-17-8-7-9-18(14-17)27-6/h7-14H,1-6H3,(H,23,25)(H,24,26). The fourth-order valence-electron chi connectivity index (χ4n) is 2.43. The van der Waals surface area contributed by atoms with Crippen LogP contribution in [0, 0.1) is 5.41 Å². The predicted octanol–water partition coefficient (Wildman–Crippen LogP) is 4.60. The first kappa shape index (κ1) is 20.5. The molecule has 0 aromatic heterocycles. The summed E-state index contributed by atoms with van der Waals surface area (Å²) < 4.78 is 5.15. The third kappa shape index (κ3) is 5.09. The molecule has 27 heavy (non-hydrogen) atoms. The van der Waals surface area contributed by atoms with Gasteiger partial charge in [0.2, 0.25) is 11.8 Å². The lowest BCUT2D eigenvalue weighted by atomic mass is 9.87. The van der Waals surface area contributed by atoms with Crippen LogP contribution in [0.25, 0.3) is 0 Å². The van der Waals surface area contributed by atoms with Crippen LogP contribution < -0.4 is 15.4 Å². The molecule has 5 nitrogen and oxygen atoms in total. The number of hydrogen-bond donors (Lipinski definition) is 2. The molecule has 0 aliphatic heterocycles. The average molecular weight is 368 g/mol. The van der Waals surface area contributed by atoms with Gasteiger partial charge in [-0.3, -0.25) is 9.59 Å². The first-order valence-electron chi connectivity index (χ1n) is 8.91. The van der Waals surface area contributed by atoms with Gasteiger partial charge in [0.05, 0.1) is 7.11 Å². The van der Waals surface area contributed by atoms with Gasteiger partial charge in [-0.1, -0.05) is 39.0 Å². The van der Waals surface area contributed by atoms with Gasteiger partial charge < -0.3 is 15.4 Å². The average Bonchev–Trinajstić information content (AvgIpc) is 2.61. The van der Waals surface area contributed by atoms with Crippen LogP contribution >= 0.6 is 0 Å². The minimum absolute atomic E-state index is 0.0401. The van der Waals surface area contributed by atoms with Gasteiger partial charge >= 0.3 is 0 Å². The van der Waals surface area contributed by atoms with Crippen molar-refractivity contribution < 1.29 is 14.3 Å². The zero-order valence-corrected chi connectivity index (χ0v) is 16.8. The second-order valence-electron chi connectivity index (χ2n) is 8.09. The van der Waals surface area contributed by atoms with E-state index in [9.17, 15) is 9.59 Å². The van der Waals surface area contributed by atoms with Crippen LogP contribution in [0.3, 0.4) is 0 Å². The van der Waals surface area contributed by atoms with Crippen molar-refractivity contribution in [3.05, 3.63) is 54.1 Å². The van der Waals surface area contributed by atoms with Crippen molar-refractivity contribution in [1.29, 1.82) is 0 Å². The van der Waals surface area contributed by atoms with Gasteiger partial charge in [0, 0.05) is 17.4 Å². The van der Waals surface area contributed by atoms with Gasteiger partial charge in [-0.05, 0) is 49.1 Å². The Morgan fingerprint density at radius 3 is 1.89 bits per heavy atom. The van der Waals surface area contributed by atoms with Crippen LogP contribution in [0.15, 0.2) is 48.5 Å². The molecule has 0 fully saturated rings. The Hall–Kier alpha value is -2.82. The summed E-state index contributed by atoms with van der Waals surface area (Å²) in [5.74, 6) is -0.125. The summed E-state index contributed by atoms with van der Waals surface area (Å²) >= 11 is 0. The minimum Gasteiger partial charge on any atom is -0.497 e. The first-order chi connectivity index (χ1) is 12.5. The smallest absolute Gasteiger partial charge is 0.239 e. The number of anilines is 2. The van der Waals surface area contributed by atoms with Gasteiger partial charge in [-0.25, -0.2) is 0 Å². The minimum atomic E-state index is -1.24. The normalized spacial score (nSPS) is 11.6. The summed E-state index contributed by atoms with van der Waals surface area (Å²) in [5.41, 5.74) is 1.21. The van der Waals surface area contributed by atoms with E-state index >= 15 is 0 Å². The predicted molar refractivity (Wildman–Crippen MR) is 109 cm³/mol. The molecule has 0 aliphatic carbocycles. The zero-order chi connectivity index (χ0) is 20.2. The Kier molecular flexibility index (Phi) is 5.94. The Balaban J connectivity index is 2.08. The molecule has 0 spiro atoms. The van der Waals surface area contributed by atoms with Gasteiger partial charge in [0.15, 0.2) is 0 Å². The second kappa shape index (κ2) is 7.82. The van der Waals surface area contributed by atoms with E-state index in [1.54, 1.807) is 45.2 Å². The number of carbonyl (C=O) groups excluding carboxylic acids is 2. The van der Waals surface area contributed by atoms with Crippen LogP contribution in [0.5, 0.6) is 5.75 Å². The molecule has 0 unspecified atom stereocenters. The van der Waals surface area contributed by atoms with Gasteiger partial charge in [0.25, 0.3) is 0 Å². The Bertz CT molecular complexity index is 818. The number of amides is 2. The maximum Gasteiger partial charge on any atom is 0.239 e. The maximum atomic E-state index is 12.7. The summed E-state index contributed by atoms with van der Waals surface area (Å²) in [6, 6.07) is 14.7. The van der Waals surface area contributed by atoms with Crippen molar-refractivity contribution in [2.45, 2.75) is 40.0 Å². The molecular formula is C22H28N2O3. The number of hydrogen-bond acceptors (Lipinski definition) is 3. The molecule has 0 atom stereocenters. The van der Waals surface area contributed by atoms with Crippen molar-refractivity contribution >= 4 is 23.2 Å². The quantitative estimate of drug-likeness (QED) is 0.758. The highest BCUT2D eigenvalue weighted by molar-refractivity contribution is 6.14. The highest BCUT2D eigenvalue weighted by Gasteiger charge is 2.36. The molecule has 2 N–H and O–H groups in total. The van der Waals surface area contributed by atoms with Crippen molar-refractivity contribution in [1.82, 2.24) is 0 Å². The van der Waals surface area contributed by atoms with Crippen molar-refractivity contribution in [2.24, 2.45) is 5.41 Å². The molecule has 2 amide bonds. The molecule has 2 aromatic rings. The third-order valence-electron chi connectivity index (χ3n) is 4.47. The van der Waals surface area contributed by atoms with E-state index in [0.717, 1.165) is 0 Å². The van der Waals surface area contributed by atoms with Crippen molar-refractivity contribution in [3.63, 3.8) is 0 Å². The van der Waals surface area contributed by atoms with E-state index < -0.39 is 5.41 Å². The Labute approximate surface area is 161 Å². The van der Waals surface area contributed by atoms with E-state index in [1.807, 2.05) is 24.3 Å². The van der Waals surface area contributed by atoms with E-state index in [2.05, 4.69) is 31.4 Å². The summed E-state index contributed by atoms with van der Waals surface area (Å²) in [7, 11) is 1.56. The highest BCUT2D eigenvalue weighted by Crippen LogP contribution is 2.26. The number of benzene rings is 2. The molecular weight excluding hydrogens is 340 g/mol. The lowest BCUT2D eigenvalue weighted by molar-refractivity contribution is -0.135. The van der Waals surface area contributed by atoms with Crippen LogP contribution in [0.4, 0.5) is 11.4 Å². The number of rotatable bonds is 5. The SMILES string of the molecule is COc1cccc(NC(=O)C(C)(C)C(=O)Nc2ccc(C(C)(C)C)cc2)c1. The Morgan fingerprint density at radius 2 is 1.37 bits per heavy atom. The lowest BCUT2D eigenvalue weighted by Crippen LogP contribution is -2.41. The molecule has 2 aromatic carbocycles. The van der Waals surface area contributed by atoms with Crippen LogP contribution in [0.2, 0.25) is 0 Å². The number of methoxy groups -OCH3 is 1. The van der Waals surface area contributed by atoms with Crippen molar-refractivity contribution in [3.8, 4) is 5.75 Å². The van der Waals surface area contributed by atoms with Gasteiger partial charge in [0.1, 0.15) is 11.2 Å². The molecule has 0 radical (unpaired) electrons. The lowest BCUT2D eigenvalue weighted by Gasteiger charge is -2.23. The number of carbonyl (C=O) groups is 2. The fraction of sp³-hybridized carbons (Fsp3) is 0.364. The van der Waals surface area contributed by atoms with Gasteiger partial charge in [-0.15, -0.1) is 0 Å². The molecule has 0 saturated heterocycles. The highest BCUT2D eigenvalue weighted by atomic mass is 16.5. The third-order valence-corrected chi connectivity index (χ3v) is 4.47. The molecule has 0 heterocycles. The molecule has 0 bridgehead atoms. The zero-order valence-electron chi connectivity index (χ0n) is 16.8. The molecule has 2 rings (SSSR count). The summed E-state index contributed by atoms with van der Waals surface area (Å²) in [6.07, 6.45) is 0. The first-order valence-corrected chi connectivity index (χ1v) is 8.91. The summed E-state index contributed by atoms with van der Waals surface area (Å²) in [5, 5.41) is 5.60. The maximum absolute atomic E-state index is 12.7. The summed E-state index contributed by atoms with van der Waals surface area (Å²) in [6.45, 7) is 9.59. The van der Waals surface area contributed by atoms with E-state index in [-0.39, 0.29) is 17.2 Å². The fourth-order valence-corrected chi connectivity index (χ4v) is 2.43. The number of ether oxygens (including phenoxy) is 1. The topological polar surface area (TPSA) is 67.4 Å². The van der Waals surface area contributed by atoms with Crippen molar-refractivity contribution in [2.75, 3.05) is 17.7 Å². The van der Waals surface area contributed by atoms with E-state index in [1.165, 1.54) is 5.56 Å². The van der Waals surface area contributed by atoms with Crippen LogP contribution in [-0.4, -0.2) is 18.9 Å². The largest absolute Gasteiger partial charge is 0.497 e. The van der Waals surface area contributed by atoms with E-state index in [0.29, 0.717) is 17.1 Å². The molecule has 5 heteroatoms. The van der Waals surface area contributed by atoms with Crippen LogP contribution in [0.1, 0.15) is 40.2 Å². The molecule has 0 saturated carbocycles. The second-order valence-corrected chi connectivity index (χ2v) is 8.09. The van der Waals surface area contributed by atoms with Gasteiger partial charge in [-0.2, -0.15) is 0 Å².